The normalized spacial score (nSPS) is 24.4. The average Bonchev–Trinajstić information content (AvgIpc) is 2.84. The first kappa shape index (κ1) is 16.2. The van der Waals surface area contributed by atoms with Gasteiger partial charge in [0.15, 0.2) is 0 Å². The SMILES string of the molecule is Cl.NC1CCCCC1CC(=O)N1CCc2ccc(F)cc21. The minimum Gasteiger partial charge on any atom is -0.327 e. The minimum absolute atomic E-state index is 0. The maximum Gasteiger partial charge on any atom is 0.227 e. The molecule has 0 saturated heterocycles. The van der Waals surface area contributed by atoms with Crippen molar-refractivity contribution in [3.63, 3.8) is 0 Å². The number of fused-ring (bicyclic) bond motifs is 1. The second kappa shape index (κ2) is 6.75. The van der Waals surface area contributed by atoms with Gasteiger partial charge >= 0.3 is 0 Å². The molecule has 5 heteroatoms. The summed E-state index contributed by atoms with van der Waals surface area (Å²) in [6.45, 7) is 0.666. The molecule has 116 valence electrons. The smallest absolute Gasteiger partial charge is 0.227 e. The van der Waals surface area contributed by atoms with Crippen LogP contribution in [0, 0.1) is 11.7 Å². The highest BCUT2D eigenvalue weighted by Gasteiger charge is 2.30. The number of halogens is 2. The second-order valence-electron chi connectivity index (χ2n) is 5.98. The summed E-state index contributed by atoms with van der Waals surface area (Å²) in [6.07, 6.45) is 5.70. The van der Waals surface area contributed by atoms with Gasteiger partial charge in [0.2, 0.25) is 5.91 Å². The number of benzene rings is 1. The fourth-order valence-electron chi connectivity index (χ4n) is 3.44. The van der Waals surface area contributed by atoms with Crippen molar-refractivity contribution < 1.29 is 9.18 Å². The van der Waals surface area contributed by atoms with Gasteiger partial charge in [0, 0.05) is 24.7 Å². The van der Waals surface area contributed by atoms with Gasteiger partial charge in [0.1, 0.15) is 5.82 Å². The Morgan fingerprint density at radius 3 is 2.86 bits per heavy atom. The number of carbonyl (C=O) groups is 1. The van der Waals surface area contributed by atoms with Crippen LogP contribution >= 0.6 is 12.4 Å². The van der Waals surface area contributed by atoms with Gasteiger partial charge in [0.25, 0.3) is 0 Å². The molecule has 1 saturated carbocycles. The van der Waals surface area contributed by atoms with E-state index >= 15 is 0 Å². The lowest BCUT2D eigenvalue weighted by Crippen LogP contribution is -2.38. The van der Waals surface area contributed by atoms with Gasteiger partial charge in [-0.3, -0.25) is 4.79 Å². The van der Waals surface area contributed by atoms with E-state index in [1.807, 2.05) is 0 Å². The molecule has 2 unspecified atom stereocenters. The van der Waals surface area contributed by atoms with Crippen molar-refractivity contribution >= 4 is 24.0 Å². The molecule has 1 aromatic carbocycles. The summed E-state index contributed by atoms with van der Waals surface area (Å²) in [4.78, 5) is 14.2. The van der Waals surface area contributed by atoms with E-state index in [0.29, 0.717) is 13.0 Å². The summed E-state index contributed by atoms with van der Waals surface area (Å²) in [5, 5.41) is 0. The summed E-state index contributed by atoms with van der Waals surface area (Å²) < 4.78 is 13.4. The highest BCUT2D eigenvalue weighted by Crippen LogP contribution is 2.32. The Labute approximate surface area is 131 Å². The van der Waals surface area contributed by atoms with Crippen molar-refractivity contribution in [3.8, 4) is 0 Å². The van der Waals surface area contributed by atoms with E-state index in [0.717, 1.165) is 36.9 Å². The van der Waals surface area contributed by atoms with Crippen molar-refractivity contribution in [2.24, 2.45) is 11.7 Å². The highest BCUT2D eigenvalue weighted by molar-refractivity contribution is 5.95. The van der Waals surface area contributed by atoms with Crippen LogP contribution in [0.5, 0.6) is 0 Å². The van der Waals surface area contributed by atoms with Gasteiger partial charge in [-0.25, -0.2) is 4.39 Å². The zero-order valence-corrected chi connectivity index (χ0v) is 12.9. The molecule has 1 fully saturated rings. The summed E-state index contributed by atoms with van der Waals surface area (Å²) in [5.74, 6) is 0.100. The van der Waals surface area contributed by atoms with Crippen LogP contribution in [0.1, 0.15) is 37.7 Å². The van der Waals surface area contributed by atoms with Crippen LogP contribution in [-0.2, 0) is 11.2 Å². The first-order chi connectivity index (χ1) is 9.65. The third-order valence-electron chi connectivity index (χ3n) is 4.65. The fourth-order valence-corrected chi connectivity index (χ4v) is 3.44. The predicted octanol–water partition coefficient (Wildman–Crippen LogP) is 3.04. The van der Waals surface area contributed by atoms with Gasteiger partial charge in [-0.2, -0.15) is 0 Å². The molecular formula is C16H22ClFN2O. The fraction of sp³-hybridized carbons (Fsp3) is 0.562. The average molecular weight is 313 g/mol. The number of nitrogens with two attached hydrogens (primary N) is 1. The number of hydrogen-bond donors (Lipinski definition) is 1. The van der Waals surface area contributed by atoms with Crippen LogP contribution in [0.25, 0.3) is 0 Å². The van der Waals surface area contributed by atoms with Gasteiger partial charge in [-0.1, -0.05) is 18.9 Å². The van der Waals surface area contributed by atoms with E-state index in [9.17, 15) is 9.18 Å². The first-order valence-corrected chi connectivity index (χ1v) is 7.49. The van der Waals surface area contributed by atoms with E-state index in [2.05, 4.69) is 0 Å². The molecule has 0 bridgehead atoms. The molecule has 1 aliphatic heterocycles. The van der Waals surface area contributed by atoms with Crippen LogP contribution in [0.15, 0.2) is 18.2 Å². The molecule has 0 aromatic heterocycles. The molecule has 1 amide bonds. The molecule has 3 nitrogen and oxygen atoms in total. The minimum atomic E-state index is -0.280. The van der Waals surface area contributed by atoms with Crippen LogP contribution in [-0.4, -0.2) is 18.5 Å². The van der Waals surface area contributed by atoms with Crippen LogP contribution < -0.4 is 10.6 Å². The van der Waals surface area contributed by atoms with Crippen molar-refractivity contribution in [1.82, 2.24) is 0 Å². The molecule has 1 aliphatic carbocycles. The number of hydrogen-bond acceptors (Lipinski definition) is 2. The Balaban J connectivity index is 0.00000161. The molecule has 1 aromatic rings. The first-order valence-electron chi connectivity index (χ1n) is 7.49. The Bertz CT molecular complexity index is 523. The largest absolute Gasteiger partial charge is 0.327 e. The van der Waals surface area contributed by atoms with Crippen LogP contribution in [0.2, 0.25) is 0 Å². The second-order valence-corrected chi connectivity index (χ2v) is 5.98. The molecule has 2 atom stereocenters. The summed E-state index contributed by atoms with van der Waals surface area (Å²) >= 11 is 0. The molecule has 0 spiro atoms. The van der Waals surface area contributed by atoms with Crippen molar-refractivity contribution in [2.75, 3.05) is 11.4 Å². The maximum absolute atomic E-state index is 13.4. The molecular weight excluding hydrogens is 291 g/mol. The lowest BCUT2D eigenvalue weighted by atomic mass is 9.83. The van der Waals surface area contributed by atoms with E-state index in [1.54, 1.807) is 11.0 Å². The topological polar surface area (TPSA) is 46.3 Å². The number of anilines is 1. The van der Waals surface area contributed by atoms with Crippen molar-refractivity contribution in [1.29, 1.82) is 0 Å². The van der Waals surface area contributed by atoms with E-state index in [4.69, 9.17) is 5.73 Å². The van der Waals surface area contributed by atoms with E-state index < -0.39 is 0 Å². The van der Waals surface area contributed by atoms with Gasteiger partial charge in [0.05, 0.1) is 0 Å². The van der Waals surface area contributed by atoms with E-state index in [1.165, 1.54) is 18.6 Å². The highest BCUT2D eigenvalue weighted by atomic mass is 35.5. The Hall–Kier alpha value is -1.13. The Morgan fingerprint density at radius 1 is 1.33 bits per heavy atom. The van der Waals surface area contributed by atoms with Crippen LogP contribution in [0.3, 0.4) is 0 Å². The van der Waals surface area contributed by atoms with Gasteiger partial charge in [-0.15, -0.1) is 12.4 Å². The zero-order chi connectivity index (χ0) is 14.1. The van der Waals surface area contributed by atoms with Crippen molar-refractivity contribution in [3.05, 3.63) is 29.6 Å². The number of amides is 1. The maximum atomic E-state index is 13.4. The lowest BCUT2D eigenvalue weighted by molar-refractivity contribution is -0.119. The molecule has 1 heterocycles. The molecule has 2 aliphatic rings. The third kappa shape index (κ3) is 3.38. The predicted molar refractivity (Wildman–Crippen MR) is 84.3 cm³/mol. The van der Waals surface area contributed by atoms with Crippen molar-refractivity contribution in [2.45, 2.75) is 44.6 Å². The summed E-state index contributed by atoms with van der Waals surface area (Å²) in [5.41, 5.74) is 7.93. The lowest BCUT2D eigenvalue weighted by Gasteiger charge is -2.29. The third-order valence-corrected chi connectivity index (χ3v) is 4.65. The van der Waals surface area contributed by atoms with Gasteiger partial charge < -0.3 is 10.6 Å². The Kier molecular flexibility index (Phi) is 5.22. The standard InChI is InChI=1S/C16H21FN2O.ClH/c17-13-6-5-11-7-8-19(15(11)10-13)16(20)9-12-3-1-2-4-14(12)18;/h5-6,10,12,14H,1-4,7-9,18H2;1H. The van der Waals surface area contributed by atoms with Crippen LogP contribution in [0.4, 0.5) is 10.1 Å². The van der Waals surface area contributed by atoms with E-state index in [-0.39, 0.29) is 36.1 Å². The number of nitrogens with zero attached hydrogens (tertiary/aromatic N) is 1. The molecule has 3 rings (SSSR count). The quantitative estimate of drug-likeness (QED) is 0.912. The van der Waals surface area contributed by atoms with Gasteiger partial charge in [-0.05, 0) is 42.9 Å². The number of carbonyl (C=O) groups excluding carboxylic acids is 1. The summed E-state index contributed by atoms with van der Waals surface area (Å²) in [7, 11) is 0. The monoisotopic (exact) mass is 312 g/mol. The molecule has 21 heavy (non-hydrogen) atoms. The Morgan fingerprint density at radius 2 is 2.10 bits per heavy atom. The zero-order valence-electron chi connectivity index (χ0n) is 12.1. The molecule has 0 radical (unpaired) electrons. The number of rotatable bonds is 2. The molecule has 2 N–H and O–H groups in total. The summed E-state index contributed by atoms with van der Waals surface area (Å²) in [6, 6.07) is 4.86.